The Kier molecular flexibility index (Phi) is 5.27. The molecule has 0 radical (unpaired) electrons. The van der Waals surface area contributed by atoms with Gasteiger partial charge in [-0.1, -0.05) is 6.92 Å². The standard InChI is InChI=1S/C16H23BrN2O2/c1-11-5-7-16(10-18,8-6-11)15(20)19-12-3-4-13(17)14(9-12)21-2/h3-4,9,11H,5-8,10,18H2,1-2H3,(H,19,20). The SMILES string of the molecule is COc1cc(NC(=O)C2(CN)CCC(C)CC2)ccc1Br. The smallest absolute Gasteiger partial charge is 0.231 e. The predicted octanol–water partition coefficient (Wildman–Crippen LogP) is 3.55. The minimum Gasteiger partial charge on any atom is -0.495 e. The first-order valence-corrected chi connectivity index (χ1v) is 8.15. The Morgan fingerprint density at radius 3 is 2.71 bits per heavy atom. The molecule has 1 aliphatic carbocycles. The molecule has 1 fully saturated rings. The zero-order valence-corrected chi connectivity index (χ0v) is 14.2. The molecule has 0 spiro atoms. The number of hydrogen-bond donors (Lipinski definition) is 2. The van der Waals surface area contributed by atoms with Crippen LogP contribution in [0.15, 0.2) is 22.7 Å². The highest BCUT2D eigenvalue weighted by Crippen LogP contribution is 2.39. The molecule has 116 valence electrons. The van der Waals surface area contributed by atoms with Crippen LogP contribution in [0, 0.1) is 11.3 Å². The third kappa shape index (κ3) is 3.58. The monoisotopic (exact) mass is 354 g/mol. The molecule has 1 saturated carbocycles. The summed E-state index contributed by atoms with van der Waals surface area (Å²) in [4.78, 5) is 12.7. The second kappa shape index (κ2) is 6.79. The maximum atomic E-state index is 12.7. The van der Waals surface area contributed by atoms with Crippen LogP contribution >= 0.6 is 15.9 Å². The summed E-state index contributed by atoms with van der Waals surface area (Å²) in [6, 6.07) is 5.55. The van der Waals surface area contributed by atoms with Gasteiger partial charge < -0.3 is 15.8 Å². The van der Waals surface area contributed by atoms with Crippen LogP contribution in [0.2, 0.25) is 0 Å². The minimum absolute atomic E-state index is 0.0290. The van der Waals surface area contributed by atoms with Gasteiger partial charge >= 0.3 is 0 Å². The summed E-state index contributed by atoms with van der Waals surface area (Å²) in [7, 11) is 1.61. The highest BCUT2D eigenvalue weighted by Gasteiger charge is 2.39. The Bertz CT molecular complexity index is 511. The fraction of sp³-hybridized carbons (Fsp3) is 0.562. The Hall–Kier alpha value is -1.07. The second-order valence-corrected chi connectivity index (χ2v) is 6.82. The fourth-order valence-corrected chi connectivity index (χ4v) is 3.25. The van der Waals surface area contributed by atoms with Gasteiger partial charge in [0.05, 0.1) is 17.0 Å². The van der Waals surface area contributed by atoms with Gasteiger partial charge in [0.15, 0.2) is 0 Å². The fourth-order valence-electron chi connectivity index (χ4n) is 2.84. The van der Waals surface area contributed by atoms with Crippen molar-refractivity contribution in [3.05, 3.63) is 22.7 Å². The van der Waals surface area contributed by atoms with E-state index in [2.05, 4.69) is 28.2 Å². The van der Waals surface area contributed by atoms with E-state index in [0.717, 1.165) is 35.8 Å². The van der Waals surface area contributed by atoms with Gasteiger partial charge in [-0.15, -0.1) is 0 Å². The van der Waals surface area contributed by atoms with Crippen LogP contribution in [0.3, 0.4) is 0 Å². The molecule has 1 aromatic carbocycles. The van der Waals surface area contributed by atoms with Crippen molar-refractivity contribution >= 4 is 27.5 Å². The van der Waals surface area contributed by atoms with E-state index in [0.29, 0.717) is 18.2 Å². The van der Waals surface area contributed by atoms with E-state index in [9.17, 15) is 4.79 Å². The van der Waals surface area contributed by atoms with E-state index in [-0.39, 0.29) is 5.91 Å². The van der Waals surface area contributed by atoms with Crippen LogP contribution < -0.4 is 15.8 Å². The normalized spacial score (nSPS) is 25.4. The van der Waals surface area contributed by atoms with E-state index in [1.54, 1.807) is 7.11 Å². The molecular formula is C16H23BrN2O2. The molecule has 1 aliphatic rings. The van der Waals surface area contributed by atoms with Crippen LogP contribution in [0.5, 0.6) is 5.75 Å². The van der Waals surface area contributed by atoms with Crippen LogP contribution in [-0.4, -0.2) is 19.6 Å². The quantitative estimate of drug-likeness (QED) is 0.868. The first-order chi connectivity index (χ1) is 10.0. The number of ether oxygens (including phenoxy) is 1. The highest BCUT2D eigenvalue weighted by molar-refractivity contribution is 9.10. The summed E-state index contributed by atoms with van der Waals surface area (Å²) < 4.78 is 6.12. The van der Waals surface area contributed by atoms with Gasteiger partial charge in [0.2, 0.25) is 5.91 Å². The van der Waals surface area contributed by atoms with E-state index >= 15 is 0 Å². The van der Waals surface area contributed by atoms with E-state index in [1.165, 1.54) is 0 Å². The van der Waals surface area contributed by atoms with E-state index < -0.39 is 5.41 Å². The second-order valence-electron chi connectivity index (χ2n) is 5.97. The van der Waals surface area contributed by atoms with Gasteiger partial charge in [0, 0.05) is 18.3 Å². The summed E-state index contributed by atoms with van der Waals surface area (Å²) in [6.45, 7) is 2.64. The molecule has 1 aromatic rings. The molecule has 2 rings (SSSR count). The molecule has 4 nitrogen and oxygen atoms in total. The number of hydrogen-bond acceptors (Lipinski definition) is 3. The first kappa shape index (κ1) is 16.3. The number of carbonyl (C=O) groups is 1. The number of benzene rings is 1. The first-order valence-electron chi connectivity index (χ1n) is 7.36. The van der Waals surface area contributed by atoms with Crippen molar-refractivity contribution in [2.75, 3.05) is 19.0 Å². The molecule has 0 heterocycles. The third-order valence-electron chi connectivity index (χ3n) is 4.51. The van der Waals surface area contributed by atoms with Gasteiger partial charge in [-0.2, -0.15) is 0 Å². The summed E-state index contributed by atoms with van der Waals surface area (Å²) in [5.41, 5.74) is 6.24. The van der Waals surface area contributed by atoms with Crippen LogP contribution in [0.25, 0.3) is 0 Å². The van der Waals surface area contributed by atoms with Gasteiger partial charge in [0.1, 0.15) is 5.75 Å². The van der Waals surface area contributed by atoms with Crippen molar-refractivity contribution in [2.24, 2.45) is 17.1 Å². The maximum Gasteiger partial charge on any atom is 0.231 e. The van der Waals surface area contributed by atoms with Gasteiger partial charge in [-0.25, -0.2) is 0 Å². The molecular weight excluding hydrogens is 332 g/mol. The average molecular weight is 355 g/mol. The number of halogens is 1. The summed E-state index contributed by atoms with van der Waals surface area (Å²) in [6.07, 6.45) is 3.86. The van der Waals surface area contributed by atoms with Crippen molar-refractivity contribution in [2.45, 2.75) is 32.6 Å². The van der Waals surface area contributed by atoms with Crippen molar-refractivity contribution in [3.8, 4) is 5.75 Å². The predicted molar refractivity (Wildman–Crippen MR) is 88.4 cm³/mol. The lowest BCUT2D eigenvalue weighted by Crippen LogP contribution is -2.44. The zero-order chi connectivity index (χ0) is 15.5. The van der Waals surface area contributed by atoms with E-state index in [4.69, 9.17) is 10.5 Å². The summed E-state index contributed by atoms with van der Waals surface area (Å²) >= 11 is 3.41. The van der Waals surface area contributed by atoms with Gasteiger partial charge in [0.25, 0.3) is 0 Å². The lowest BCUT2D eigenvalue weighted by Gasteiger charge is -2.37. The Morgan fingerprint density at radius 1 is 1.48 bits per heavy atom. The molecule has 0 aliphatic heterocycles. The van der Waals surface area contributed by atoms with Crippen molar-refractivity contribution < 1.29 is 9.53 Å². The number of carbonyl (C=O) groups excluding carboxylic acids is 1. The van der Waals surface area contributed by atoms with Crippen LogP contribution in [0.1, 0.15) is 32.6 Å². The lowest BCUT2D eigenvalue weighted by atomic mass is 9.70. The molecule has 0 atom stereocenters. The van der Waals surface area contributed by atoms with Crippen molar-refractivity contribution in [3.63, 3.8) is 0 Å². The van der Waals surface area contributed by atoms with Crippen molar-refractivity contribution in [1.29, 1.82) is 0 Å². The van der Waals surface area contributed by atoms with Crippen LogP contribution in [0.4, 0.5) is 5.69 Å². The molecule has 0 aromatic heterocycles. The largest absolute Gasteiger partial charge is 0.495 e. The Morgan fingerprint density at radius 2 is 2.14 bits per heavy atom. The van der Waals surface area contributed by atoms with Gasteiger partial charge in [-0.3, -0.25) is 4.79 Å². The summed E-state index contributed by atoms with van der Waals surface area (Å²) in [5, 5.41) is 3.00. The molecule has 0 unspecified atom stereocenters. The molecule has 1 amide bonds. The highest BCUT2D eigenvalue weighted by atomic mass is 79.9. The molecule has 0 bridgehead atoms. The number of nitrogens with two attached hydrogens (primary N) is 1. The third-order valence-corrected chi connectivity index (χ3v) is 5.17. The minimum atomic E-state index is -0.424. The topological polar surface area (TPSA) is 64.3 Å². The maximum absolute atomic E-state index is 12.7. The van der Waals surface area contributed by atoms with Crippen LogP contribution in [-0.2, 0) is 4.79 Å². The number of nitrogens with one attached hydrogen (secondary N) is 1. The number of methoxy groups -OCH3 is 1. The molecule has 21 heavy (non-hydrogen) atoms. The molecule has 3 N–H and O–H groups in total. The zero-order valence-electron chi connectivity index (χ0n) is 12.6. The Labute approximate surface area is 134 Å². The lowest BCUT2D eigenvalue weighted by molar-refractivity contribution is -0.127. The molecule has 5 heteroatoms. The summed E-state index contributed by atoms with van der Waals surface area (Å²) in [5.74, 6) is 1.42. The Balaban J connectivity index is 2.12. The average Bonchev–Trinajstić information content (AvgIpc) is 2.50. The molecule has 0 saturated heterocycles. The number of rotatable bonds is 4. The number of amides is 1. The van der Waals surface area contributed by atoms with Crippen molar-refractivity contribution in [1.82, 2.24) is 0 Å². The van der Waals surface area contributed by atoms with E-state index in [1.807, 2.05) is 18.2 Å². The number of anilines is 1. The van der Waals surface area contributed by atoms with Gasteiger partial charge in [-0.05, 0) is 59.7 Å².